The number of hydrogen-bond donors (Lipinski definition) is 5. The van der Waals surface area contributed by atoms with Gasteiger partial charge in [0.05, 0.1) is 19.6 Å². The first-order chi connectivity index (χ1) is 25.7. The average Bonchev–Trinajstić information content (AvgIpc) is 3.62. The van der Waals surface area contributed by atoms with E-state index in [0.29, 0.717) is 32.2 Å². The van der Waals surface area contributed by atoms with Crippen LogP contribution in [0.5, 0.6) is 0 Å². The largest absolute Gasteiger partial charge is 0.368 e. The van der Waals surface area contributed by atoms with Crippen LogP contribution < -0.4 is 27.0 Å². The minimum atomic E-state index is -0.970. The van der Waals surface area contributed by atoms with E-state index in [2.05, 4.69) is 28.2 Å². The highest BCUT2D eigenvalue weighted by Crippen LogP contribution is 2.19. The zero-order valence-electron chi connectivity index (χ0n) is 34.3. The molecule has 0 aromatic rings. The Kier molecular flexibility index (Phi) is 24.9. The number of unbranched alkanes of at least 4 members (excludes halogenated alkanes) is 12. The van der Waals surface area contributed by atoms with E-state index in [9.17, 15) is 33.6 Å². The molecule has 0 spiro atoms. The molecule has 1 saturated heterocycles. The van der Waals surface area contributed by atoms with Crippen LogP contribution in [0.2, 0.25) is 0 Å². The predicted molar refractivity (Wildman–Crippen MR) is 211 cm³/mol. The lowest BCUT2D eigenvalue weighted by molar-refractivity contribution is -0.145. The van der Waals surface area contributed by atoms with Crippen LogP contribution in [0.3, 0.4) is 0 Å². The molecule has 1 aliphatic heterocycles. The Morgan fingerprint density at radius 1 is 0.685 bits per heavy atom. The van der Waals surface area contributed by atoms with Crippen LogP contribution in [0.1, 0.15) is 151 Å². The Morgan fingerprint density at radius 3 is 1.74 bits per heavy atom. The summed E-state index contributed by atoms with van der Waals surface area (Å²) in [6, 6.07) is -2.55. The van der Waals surface area contributed by atoms with Gasteiger partial charge in [-0.15, -0.1) is 0 Å². The van der Waals surface area contributed by atoms with Gasteiger partial charge in [0.1, 0.15) is 18.1 Å². The quantitative estimate of drug-likeness (QED) is 0.0716. The van der Waals surface area contributed by atoms with Crippen LogP contribution >= 0.6 is 0 Å². The van der Waals surface area contributed by atoms with E-state index in [0.717, 1.165) is 19.3 Å². The summed E-state index contributed by atoms with van der Waals surface area (Å²) in [5.41, 5.74) is 5.13. The lowest BCUT2D eigenvalue weighted by Crippen LogP contribution is -2.56. The molecular weight excluding hydrogens is 690 g/mol. The topological polar surface area (TPSA) is 200 Å². The number of amides is 7. The Morgan fingerprint density at radius 2 is 1.22 bits per heavy atom. The molecule has 0 aliphatic carbocycles. The molecule has 1 aliphatic rings. The van der Waals surface area contributed by atoms with Gasteiger partial charge in [-0.3, -0.25) is 33.6 Å². The Bertz CT molecular complexity index is 1180. The van der Waals surface area contributed by atoms with E-state index >= 15 is 0 Å². The Labute approximate surface area is 324 Å². The second kappa shape index (κ2) is 27.8. The molecule has 0 aromatic carbocycles. The van der Waals surface area contributed by atoms with Gasteiger partial charge in [-0.25, -0.2) is 0 Å². The molecule has 3 atom stereocenters. The number of likely N-dealkylation sites (tertiary alicyclic amines) is 1. The summed E-state index contributed by atoms with van der Waals surface area (Å²) in [5, 5.41) is 10.6. The lowest BCUT2D eigenvalue weighted by atomic mass is 10.0. The molecule has 54 heavy (non-hydrogen) atoms. The van der Waals surface area contributed by atoms with Crippen LogP contribution in [0.25, 0.3) is 0 Å². The van der Waals surface area contributed by atoms with Gasteiger partial charge < -0.3 is 36.8 Å². The SMILES string of the molecule is CCCCCCCCCCCCCCCC(=O)NC(C(=O)NCC(=O)NC(C(=O)N(CCC)CC(=O)N1CCCC1C(=O)NCC(N)=O)C(C)C)C(C)C. The smallest absolute Gasteiger partial charge is 0.245 e. The number of nitrogens with two attached hydrogens (primary N) is 1. The van der Waals surface area contributed by atoms with Crippen molar-refractivity contribution in [2.24, 2.45) is 17.6 Å². The first-order valence-corrected chi connectivity index (χ1v) is 20.7. The van der Waals surface area contributed by atoms with Crippen molar-refractivity contribution >= 4 is 41.4 Å². The van der Waals surface area contributed by atoms with Crippen LogP contribution in [-0.4, -0.2) is 102 Å². The van der Waals surface area contributed by atoms with Crippen molar-refractivity contribution < 1.29 is 33.6 Å². The maximum atomic E-state index is 13.7. The number of nitrogens with zero attached hydrogens (tertiary/aromatic N) is 2. The van der Waals surface area contributed by atoms with Crippen molar-refractivity contribution in [1.29, 1.82) is 0 Å². The predicted octanol–water partition coefficient (Wildman–Crippen LogP) is 3.70. The summed E-state index contributed by atoms with van der Waals surface area (Å²) in [6.45, 7) is 10.9. The molecule has 14 heteroatoms. The van der Waals surface area contributed by atoms with Crippen LogP contribution in [0.15, 0.2) is 0 Å². The minimum absolute atomic E-state index is 0.195. The monoisotopic (exact) mass is 764 g/mol. The van der Waals surface area contributed by atoms with Crippen LogP contribution in [-0.2, 0) is 33.6 Å². The Hall–Kier alpha value is -3.71. The van der Waals surface area contributed by atoms with Gasteiger partial charge in [0.25, 0.3) is 0 Å². The zero-order valence-corrected chi connectivity index (χ0v) is 34.3. The first kappa shape index (κ1) is 48.3. The summed E-state index contributed by atoms with van der Waals surface area (Å²) < 4.78 is 0. The molecule has 1 fully saturated rings. The van der Waals surface area contributed by atoms with Gasteiger partial charge in [0.15, 0.2) is 0 Å². The number of hydrogen-bond acceptors (Lipinski definition) is 7. The van der Waals surface area contributed by atoms with Gasteiger partial charge in [0.2, 0.25) is 41.4 Å². The lowest BCUT2D eigenvalue weighted by Gasteiger charge is -2.32. The van der Waals surface area contributed by atoms with Gasteiger partial charge in [-0.05, 0) is 37.5 Å². The molecular formula is C40H73N7O7. The normalized spacial score (nSPS) is 15.1. The molecule has 0 aromatic heterocycles. The molecule has 0 radical (unpaired) electrons. The first-order valence-electron chi connectivity index (χ1n) is 20.7. The third kappa shape index (κ3) is 19.6. The fourth-order valence-electron chi connectivity index (χ4n) is 6.72. The molecule has 1 heterocycles. The van der Waals surface area contributed by atoms with Crippen molar-refractivity contribution in [3.05, 3.63) is 0 Å². The summed E-state index contributed by atoms with van der Waals surface area (Å²) in [5.74, 6) is -3.83. The Balaban J connectivity index is 2.58. The van der Waals surface area contributed by atoms with Crippen molar-refractivity contribution in [2.45, 2.75) is 169 Å². The van der Waals surface area contributed by atoms with Crippen molar-refractivity contribution in [2.75, 3.05) is 32.7 Å². The number of nitrogens with one attached hydrogen (secondary N) is 4. The van der Waals surface area contributed by atoms with E-state index in [1.54, 1.807) is 13.8 Å². The standard InChI is InChI=1S/C40H73N7O7/c1-7-9-10-11-12-13-14-15-16-17-18-19-20-23-33(49)44-36(29(3)4)39(53)43-27-34(50)45-37(30(5)6)40(54)46(24-8-2)28-35(51)47-25-21-22-31(47)38(52)42-26-32(41)48/h29-31,36-37H,7-28H2,1-6H3,(H2,41,48)(H,42,52)(H,43,53)(H,44,49)(H,45,50). The summed E-state index contributed by atoms with van der Waals surface area (Å²) in [6.07, 6.45) is 17.7. The van der Waals surface area contributed by atoms with Gasteiger partial charge in [0, 0.05) is 19.5 Å². The molecule has 7 amide bonds. The van der Waals surface area contributed by atoms with E-state index in [4.69, 9.17) is 5.73 Å². The van der Waals surface area contributed by atoms with Crippen molar-refractivity contribution in [3.8, 4) is 0 Å². The third-order valence-corrected chi connectivity index (χ3v) is 9.89. The number of carbonyl (C=O) groups excluding carboxylic acids is 7. The van der Waals surface area contributed by atoms with Crippen LogP contribution in [0, 0.1) is 11.8 Å². The molecule has 0 bridgehead atoms. The fourth-order valence-corrected chi connectivity index (χ4v) is 6.72. The molecule has 6 N–H and O–H groups in total. The molecule has 310 valence electrons. The van der Waals surface area contributed by atoms with E-state index < -0.39 is 60.1 Å². The summed E-state index contributed by atoms with van der Waals surface area (Å²) >= 11 is 0. The molecule has 0 saturated carbocycles. The molecule has 14 nitrogen and oxygen atoms in total. The maximum Gasteiger partial charge on any atom is 0.245 e. The highest BCUT2D eigenvalue weighted by atomic mass is 16.2. The van der Waals surface area contributed by atoms with Crippen molar-refractivity contribution in [3.63, 3.8) is 0 Å². The summed E-state index contributed by atoms with van der Waals surface area (Å²) in [4.78, 5) is 92.4. The van der Waals surface area contributed by atoms with Gasteiger partial charge >= 0.3 is 0 Å². The number of primary amides is 1. The number of rotatable bonds is 29. The van der Waals surface area contributed by atoms with Gasteiger partial charge in [-0.1, -0.05) is 119 Å². The molecule has 1 rings (SSSR count). The number of carbonyl (C=O) groups is 7. The molecule has 3 unspecified atom stereocenters. The highest BCUT2D eigenvalue weighted by molar-refractivity contribution is 5.95. The zero-order chi connectivity index (χ0) is 40.5. The third-order valence-electron chi connectivity index (χ3n) is 9.89. The van der Waals surface area contributed by atoms with E-state index in [1.165, 1.54) is 74.0 Å². The van der Waals surface area contributed by atoms with Crippen molar-refractivity contribution in [1.82, 2.24) is 31.1 Å². The second-order valence-electron chi connectivity index (χ2n) is 15.5. The summed E-state index contributed by atoms with van der Waals surface area (Å²) in [7, 11) is 0. The second-order valence-corrected chi connectivity index (χ2v) is 15.5. The average molecular weight is 764 g/mol. The van der Waals surface area contributed by atoms with E-state index in [-0.39, 0.29) is 37.4 Å². The van der Waals surface area contributed by atoms with Gasteiger partial charge in [-0.2, -0.15) is 0 Å². The fraction of sp³-hybridized carbons (Fsp3) is 0.825. The minimum Gasteiger partial charge on any atom is -0.368 e. The maximum absolute atomic E-state index is 13.7. The highest BCUT2D eigenvalue weighted by Gasteiger charge is 2.36. The van der Waals surface area contributed by atoms with E-state index in [1.807, 2.05) is 20.8 Å². The van der Waals surface area contributed by atoms with Crippen LogP contribution in [0.4, 0.5) is 0 Å².